The SMILES string of the molecule is C/C(=C\c1csc(C)n1)[C@@H]1C/C=C/CC[C@H](C)C(O)[C@@H](C)C(=O)C(C)(C)C(CO)CC(=O)O1. The van der Waals surface area contributed by atoms with Gasteiger partial charge in [-0.15, -0.1) is 11.3 Å². The molecule has 5 atom stereocenters. The van der Waals surface area contributed by atoms with Gasteiger partial charge in [0.2, 0.25) is 0 Å². The molecule has 1 aromatic heterocycles. The van der Waals surface area contributed by atoms with E-state index in [1.54, 1.807) is 32.1 Å². The van der Waals surface area contributed by atoms with Gasteiger partial charge in [-0.25, -0.2) is 4.98 Å². The van der Waals surface area contributed by atoms with Gasteiger partial charge in [0.15, 0.2) is 0 Å². The summed E-state index contributed by atoms with van der Waals surface area (Å²) in [6.07, 6.45) is 6.70. The normalized spacial score (nSPS) is 31.4. The van der Waals surface area contributed by atoms with Crippen LogP contribution in [-0.4, -0.2) is 45.8 Å². The highest BCUT2D eigenvalue weighted by Gasteiger charge is 2.42. The number of thiazole rings is 1. The van der Waals surface area contributed by atoms with Gasteiger partial charge in [0.1, 0.15) is 11.9 Å². The molecule has 0 bridgehead atoms. The monoisotopic (exact) mass is 477 g/mol. The molecule has 2 rings (SSSR count). The number of ketones is 1. The minimum Gasteiger partial charge on any atom is -0.457 e. The number of Topliss-reactive ketones (excluding diaryl/α,β-unsaturated/α-hetero) is 1. The first kappa shape index (κ1) is 27.4. The van der Waals surface area contributed by atoms with E-state index in [4.69, 9.17) is 4.74 Å². The van der Waals surface area contributed by atoms with Gasteiger partial charge in [0, 0.05) is 35.7 Å². The molecule has 6 nitrogen and oxygen atoms in total. The molecule has 0 aliphatic carbocycles. The van der Waals surface area contributed by atoms with Crippen LogP contribution < -0.4 is 0 Å². The lowest BCUT2D eigenvalue weighted by Gasteiger charge is -2.36. The number of hydrogen-bond donors (Lipinski definition) is 2. The molecule has 0 aromatic carbocycles. The topological polar surface area (TPSA) is 96.7 Å². The van der Waals surface area contributed by atoms with E-state index in [1.807, 2.05) is 44.4 Å². The van der Waals surface area contributed by atoms with E-state index in [9.17, 15) is 19.8 Å². The van der Waals surface area contributed by atoms with Crippen LogP contribution in [0.15, 0.2) is 23.1 Å². The summed E-state index contributed by atoms with van der Waals surface area (Å²) in [5.41, 5.74) is 0.740. The number of esters is 1. The lowest BCUT2D eigenvalue weighted by Crippen LogP contribution is -2.44. The van der Waals surface area contributed by atoms with Crippen LogP contribution in [0.1, 0.15) is 71.0 Å². The molecule has 0 amide bonds. The average Bonchev–Trinajstić information content (AvgIpc) is 3.17. The maximum absolute atomic E-state index is 13.3. The third-order valence-electron chi connectivity index (χ3n) is 6.90. The summed E-state index contributed by atoms with van der Waals surface area (Å²) >= 11 is 1.56. The Hall–Kier alpha value is -1.83. The van der Waals surface area contributed by atoms with Crippen molar-refractivity contribution in [2.45, 2.75) is 79.4 Å². The van der Waals surface area contributed by atoms with Crippen LogP contribution in [-0.2, 0) is 14.3 Å². The molecule has 2 heterocycles. The molecular weight excluding hydrogens is 438 g/mol. The van der Waals surface area contributed by atoms with Crippen molar-refractivity contribution in [2.24, 2.45) is 23.2 Å². The Balaban J connectivity index is 2.33. The number of aromatic nitrogens is 1. The van der Waals surface area contributed by atoms with Crippen molar-refractivity contribution < 1.29 is 24.5 Å². The number of hydrogen-bond acceptors (Lipinski definition) is 7. The standard InChI is InChI=1S/C26H39NO5S/c1-16-10-8-7-9-11-22(17(2)12-21-15-33-19(4)27-21)32-23(29)13-20(14-28)26(5,6)25(31)18(3)24(16)30/h7,9,12,15-16,18,20,22,24,28,30H,8,10-11,13-14H2,1-6H3/b9-7+,17-12+/t16-,18+,20?,22-,24?/m0/s1. The molecule has 1 aromatic rings. The molecule has 2 unspecified atom stereocenters. The zero-order valence-electron chi connectivity index (χ0n) is 20.7. The Bertz CT molecular complexity index is 872. The number of cyclic esters (lactones) is 1. The smallest absolute Gasteiger partial charge is 0.306 e. The minimum absolute atomic E-state index is 0.0506. The van der Waals surface area contributed by atoms with Gasteiger partial charge in [-0.05, 0) is 44.3 Å². The number of rotatable bonds is 3. The van der Waals surface area contributed by atoms with E-state index in [2.05, 4.69) is 4.98 Å². The molecule has 1 aliphatic rings. The van der Waals surface area contributed by atoms with Crippen molar-refractivity contribution in [2.75, 3.05) is 6.61 Å². The van der Waals surface area contributed by atoms with Crippen LogP contribution in [0.5, 0.6) is 0 Å². The number of aliphatic hydroxyl groups excluding tert-OH is 2. The predicted molar refractivity (Wildman–Crippen MR) is 132 cm³/mol. The molecule has 0 spiro atoms. The second-order valence-electron chi connectivity index (χ2n) is 9.87. The van der Waals surface area contributed by atoms with Crippen LogP contribution in [0.2, 0.25) is 0 Å². The van der Waals surface area contributed by atoms with Gasteiger partial charge in [-0.1, -0.05) is 39.8 Å². The Morgan fingerprint density at radius 3 is 2.61 bits per heavy atom. The summed E-state index contributed by atoms with van der Waals surface area (Å²) in [4.78, 5) is 30.6. The number of aryl methyl sites for hydroxylation is 1. The molecule has 0 saturated carbocycles. The Labute approximate surface area is 201 Å². The molecule has 7 heteroatoms. The Kier molecular flexibility index (Phi) is 10.0. The first-order valence-corrected chi connectivity index (χ1v) is 12.6. The van der Waals surface area contributed by atoms with Crippen molar-refractivity contribution >= 4 is 29.2 Å². The summed E-state index contributed by atoms with van der Waals surface area (Å²) in [6, 6.07) is 0. The van der Waals surface area contributed by atoms with E-state index in [1.165, 1.54) is 0 Å². The molecule has 184 valence electrons. The molecule has 0 fully saturated rings. The average molecular weight is 478 g/mol. The second-order valence-corrected chi connectivity index (χ2v) is 10.9. The van der Waals surface area contributed by atoms with Gasteiger partial charge in [0.05, 0.1) is 23.2 Å². The number of allylic oxidation sites excluding steroid dienone is 1. The molecule has 33 heavy (non-hydrogen) atoms. The summed E-state index contributed by atoms with van der Waals surface area (Å²) in [5, 5.41) is 23.7. The third-order valence-corrected chi connectivity index (χ3v) is 7.69. The minimum atomic E-state index is -0.981. The fourth-order valence-corrected chi connectivity index (χ4v) is 4.93. The lowest BCUT2D eigenvalue weighted by atomic mass is 9.69. The van der Waals surface area contributed by atoms with E-state index >= 15 is 0 Å². The summed E-state index contributed by atoms with van der Waals surface area (Å²) in [5.74, 6) is -1.84. The number of ether oxygens (including phenoxy) is 1. The molecular formula is C26H39NO5S. The number of aliphatic hydroxyl groups is 2. The number of carbonyl (C=O) groups is 2. The third kappa shape index (κ3) is 7.33. The number of nitrogens with zero attached hydrogens (tertiary/aromatic N) is 1. The van der Waals surface area contributed by atoms with E-state index < -0.39 is 35.4 Å². The van der Waals surface area contributed by atoms with Crippen molar-refractivity contribution in [1.82, 2.24) is 4.98 Å². The van der Waals surface area contributed by atoms with Crippen molar-refractivity contribution in [3.05, 3.63) is 33.8 Å². The maximum atomic E-state index is 13.3. The van der Waals surface area contributed by atoms with Gasteiger partial charge in [-0.3, -0.25) is 9.59 Å². The number of carbonyl (C=O) groups excluding carboxylic acids is 2. The van der Waals surface area contributed by atoms with E-state index in [0.717, 1.165) is 29.1 Å². The fraction of sp³-hybridized carbons (Fsp3) is 0.654. The predicted octanol–water partition coefficient (Wildman–Crippen LogP) is 4.73. The van der Waals surface area contributed by atoms with E-state index in [-0.39, 0.29) is 24.7 Å². The largest absolute Gasteiger partial charge is 0.457 e. The maximum Gasteiger partial charge on any atom is 0.306 e. The second kappa shape index (κ2) is 12.0. The quantitative estimate of drug-likeness (QED) is 0.482. The Morgan fingerprint density at radius 1 is 1.30 bits per heavy atom. The zero-order valence-corrected chi connectivity index (χ0v) is 21.5. The van der Waals surface area contributed by atoms with Gasteiger partial charge < -0.3 is 14.9 Å². The lowest BCUT2D eigenvalue weighted by molar-refractivity contribution is -0.152. The highest BCUT2D eigenvalue weighted by Crippen LogP contribution is 2.36. The molecule has 0 saturated heterocycles. The summed E-state index contributed by atoms with van der Waals surface area (Å²) in [6.45, 7) is 10.7. The Morgan fingerprint density at radius 2 is 2.00 bits per heavy atom. The van der Waals surface area contributed by atoms with Crippen LogP contribution in [0.3, 0.4) is 0 Å². The van der Waals surface area contributed by atoms with Crippen LogP contribution in [0.25, 0.3) is 6.08 Å². The molecule has 2 N–H and O–H groups in total. The fourth-order valence-electron chi connectivity index (χ4n) is 4.36. The summed E-state index contributed by atoms with van der Waals surface area (Å²) < 4.78 is 5.84. The zero-order chi connectivity index (χ0) is 24.8. The van der Waals surface area contributed by atoms with Gasteiger partial charge in [0.25, 0.3) is 0 Å². The molecule has 1 aliphatic heterocycles. The van der Waals surface area contributed by atoms with Gasteiger partial charge >= 0.3 is 5.97 Å². The summed E-state index contributed by atoms with van der Waals surface area (Å²) in [7, 11) is 0. The van der Waals surface area contributed by atoms with Crippen molar-refractivity contribution in [1.29, 1.82) is 0 Å². The first-order valence-electron chi connectivity index (χ1n) is 11.7. The highest BCUT2D eigenvalue weighted by molar-refractivity contribution is 7.09. The van der Waals surface area contributed by atoms with Crippen molar-refractivity contribution in [3.63, 3.8) is 0 Å². The first-order chi connectivity index (χ1) is 15.5. The van der Waals surface area contributed by atoms with Gasteiger partial charge in [-0.2, -0.15) is 0 Å². The van der Waals surface area contributed by atoms with Crippen LogP contribution >= 0.6 is 11.3 Å². The molecule has 0 radical (unpaired) electrons. The van der Waals surface area contributed by atoms with Crippen LogP contribution in [0.4, 0.5) is 0 Å². The highest BCUT2D eigenvalue weighted by atomic mass is 32.1. The van der Waals surface area contributed by atoms with Crippen molar-refractivity contribution in [3.8, 4) is 0 Å². The van der Waals surface area contributed by atoms with E-state index in [0.29, 0.717) is 6.42 Å². The van der Waals surface area contributed by atoms with Crippen LogP contribution in [0, 0.1) is 30.1 Å².